The molecule has 1 aliphatic rings. The van der Waals surface area contributed by atoms with Gasteiger partial charge in [-0.2, -0.15) is 0 Å². The molecule has 42 heavy (non-hydrogen) atoms. The maximum atomic E-state index is 14.2. The third kappa shape index (κ3) is 7.11. The Morgan fingerprint density at radius 2 is 1.71 bits per heavy atom. The van der Waals surface area contributed by atoms with Crippen molar-refractivity contribution in [2.24, 2.45) is 11.1 Å². The number of aliphatic hydroxyl groups is 2. The largest absolute Gasteiger partial charge is 0.444 e. The Balaban J connectivity index is 2.19. The molecule has 0 radical (unpaired) electrons. The summed E-state index contributed by atoms with van der Waals surface area (Å²) >= 11 is 6.48. The van der Waals surface area contributed by atoms with E-state index in [2.05, 4.69) is 5.32 Å². The molecule has 11 heteroatoms. The standard InChI is InChI=1S/C31H40ClN3O7/c1-29(2,3)25(37)26(38)35-14-10-13-23(35)24(36)20-15-19(32)16-22(21(20)17-34-28(40)42-30(4,5)6)31(41,27(33)39)18-11-8-7-9-12-18/h7-9,11-12,15-16,23,25,37,41H,10,13-14,17H2,1-6H3,(H2,33,39)(H,34,40)/t23-,25-,31?/m0/s1. The molecule has 3 rings (SSSR count). The second-order valence-electron chi connectivity index (χ2n) is 12.6. The number of nitrogens with two attached hydrogens (primary N) is 1. The molecule has 5 N–H and O–H groups in total. The maximum absolute atomic E-state index is 14.2. The molecule has 0 saturated carbocycles. The molecule has 1 fully saturated rings. The van der Waals surface area contributed by atoms with Gasteiger partial charge in [-0.25, -0.2) is 4.79 Å². The fourth-order valence-electron chi connectivity index (χ4n) is 4.96. The average molecular weight is 602 g/mol. The number of nitrogens with zero attached hydrogens (tertiary/aromatic N) is 1. The van der Waals surface area contributed by atoms with E-state index in [9.17, 15) is 29.4 Å². The zero-order valence-electron chi connectivity index (χ0n) is 24.9. The Morgan fingerprint density at radius 3 is 2.26 bits per heavy atom. The zero-order valence-corrected chi connectivity index (χ0v) is 25.6. The summed E-state index contributed by atoms with van der Waals surface area (Å²) in [5.74, 6) is -2.22. The van der Waals surface area contributed by atoms with Crippen LogP contribution in [-0.4, -0.2) is 63.1 Å². The normalized spacial score (nSPS) is 17.7. The van der Waals surface area contributed by atoms with Crippen molar-refractivity contribution in [2.75, 3.05) is 6.54 Å². The van der Waals surface area contributed by atoms with Crippen LogP contribution in [0.15, 0.2) is 42.5 Å². The summed E-state index contributed by atoms with van der Waals surface area (Å²) in [5, 5.41) is 25.2. The van der Waals surface area contributed by atoms with E-state index in [4.69, 9.17) is 22.1 Å². The Morgan fingerprint density at radius 1 is 1.10 bits per heavy atom. The molecule has 10 nitrogen and oxygen atoms in total. The molecular weight excluding hydrogens is 562 g/mol. The first-order chi connectivity index (χ1) is 19.4. The summed E-state index contributed by atoms with van der Waals surface area (Å²) in [7, 11) is 0. The first kappa shape index (κ1) is 33.0. The number of ether oxygens (including phenoxy) is 1. The molecule has 1 aliphatic heterocycles. The number of carbonyl (C=O) groups excluding carboxylic acids is 4. The first-order valence-electron chi connectivity index (χ1n) is 13.8. The molecule has 0 aliphatic carbocycles. The predicted octanol–water partition coefficient (Wildman–Crippen LogP) is 3.67. The number of rotatable bonds is 8. The van der Waals surface area contributed by atoms with Crippen molar-refractivity contribution in [2.45, 2.75) is 84.3 Å². The van der Waals surface area contributed by atoms with Crippen molar-refractivity contribution in [3.8, 4) is 0 Å². The van der Waals surface area contributed by atoms with Gasteiger partial charge in [0.1, 0.15) is 11.7 Å². The lowest BCUT2D eigenvalue weighted by atomic mass is 9.80. The van der Waals surface area contributed by atoms with E-state index in [1.54, 1.807) is 59.7 Å². The summed E-state index contributed by atoms with van der Waals surface area (Å²) in [5.41, 5.74) is 1.86. The number of primary amides is 1. The summed E-state index contributed by atoms with van der Waals surface area (Å²) < 4.78 is 5.35. The quantitative estimate of drug-likeness (QED) is 0.336. The van der Waals surface area contributed by atoms with Gasteiger partial charge in [0.25, 0.3) is 11.8 Å². The van der Waals surface area contributed by atoms with Gasteiger partial charge in [0.15, 0.2) is 11.4 Å². The molecule has 0 aromatic heterocycles. The number of amides is 3. The van der Waals surface area contributed by atoms with Gasteiger partial charge in [0.05, 0.1) is 6.04 Å². The van der Waals surface area contributed by atoms with Gasteiger partial charge in [0, 0.05) is 29.2 Å². The molecule has 228 valence electrons. The van der Waals surface area contributed by atoms with Crippen molar-refractivity contribution < 1.29 is 34.1 Å². The molecule has 1 heterocycles. The highest BCUT2D eigenvalue weighted by molar-refractivity contribution is 6.31. The summed E-state index contributed by atoms with van der Waals surface area (Å²) in [4.78, 5) is 54.3. The summed E-state index contributed by atoms with van der Waals surface area (Å²) in [6, 6.07) is 9.67. The highest BCUT2D eigenvalue weighted by atomic mass is 35.5. The van der Waals surface area contributed by atoms with Crippen LogP contribution in [0, 0.1) is 5.41 Å². The van der Waals surface area contributed by atoms with Crippen LogP contribution in [0.1, 0.15) is 81.4 Å². The molecule has 0 bridgehead atoms. The third-order valence-electron chi connectivity index (χ3n) is 7.12. The van der Waals surface area contributed by atoms with Crippen LogP contribution in [0.5, 0.6) is 0 Å². The van der Waals surface area contributed by atoms with E-state index in [1.165, 1.54) is 29.2 Å². The van der Waals surface area contributed by atoms with Crippen LogP contribution in [0.4, 0.5) is 4.79 Å². The number of ketones is 1. The van der Waals surface area contributed by atoms with Gasteiger partial charge in [-0.3, -0.25) is 14.4 Å². The third-order valence-corrected chi connectivity index (χ3v) is 7.34. The minimum atomic E-state index is -2.43. The average Bonchev–Trinajstić information content (AvgIpc) is 3.39. The number of hydrogen-bond donors (Lipinski definition) is 4. The highest BCUT2D eigenvalue weighted by Gasteiger charge is 2.44. The van der Waals surface area contributed by atoms with Gasteiger partial charge < -0.3 is 30.9 Å². The topological polar surface area (TPSA) is 159 Å². The molecule has 3 amide bonds. The molecule has 3 atom stereocenters. The molecule has 0 spiro atoms. The van der Waals surface area contributed by atoms with Gasteiger partial charge in [0.2, 0.25) is 0 Å². The van der Waals surface area contributed by atoms with Gasteiger partial charge >= 0.3 is 6.09 Å². The predicted molar refractivity (Wildman–Crippen MR) is 158 cm³/mol. The molecule has 2 aromatic carbocycles. The van der Waals surface area contributed by atoms with E-state index < -0.39 is 52.5 Å². The fraction of sp³-hybridized carbons (Fsp3) is 0.484. The van der Waals surface area contributed by atoms with Crippen LogP contribution >= 0.6 is 11.6 Å². The molecule has 1 unspecified atom stereocenters. The second kappa shape index (κ2) is 12.4. The number of carbonyl (C=O) groups is 4. The lowest BCUT2D eigenvalue weighted by Gasteiger charge is -2.33. The minimum Gasteiger partial charge on any atom is -0.444 e. The van der Waals surface area contributed by atoms with Gasteiger partial charge in [-0.15, -0.1) is 0 Å². The van der Waals surface area contributed by atoms with Crippen molar-refractivity contribution in [1.82, 2.24) is 10.2 Å². The highest BCUT2D eigenvalue weighted by Crippen LogP contribution is 2.37. The summed E-state index contributed by atoms with van der Waals surface area (Å²) in [6.07, 6.45) is -1.30. The van der Waals surface area contributed by atoms with Gasteiger partial charge in [-0.05, 0) is 62.3 Å². The van der Waals surface area contributed by atoms with E-state index >= 15 is 0 Å². The maximum Gasteiger partial charge on any atom is 0.407 e. The number of aliphatic hydroxyl groups excluding tert-OH is 1. The number of Topliss-reactive ketones (excluding diaryl/α,β-unsaturated/α-hetero) is 1. The molecule has 1 saturated heterocycles. The smallest absolute Gasteiger partial charge is 0.407 e. The Kier molecular flexibility index (Phi) is 9.76. The van der Waals surface area contributed by atoms with Crippen molar-refractivity contribution in [1.29, 1.82) is 0 Å². The molecule has 2 aromatic rings. The Bertz CT molecular complexity index is 1350. The van der Waals surface area contributed by atoms with Crippen LogP contribution in [0.3, 0.4) is 0 Å². The number of likely N-dealkylation sites (tertiary alicyclic amines) is 1. The zero-order chi connectivity index (χ0) is 31.6. The van der Waals surface area contributed by atoms with E-state index in [0.717, 1.165) is 0 Å². The number of hydrogen-bond acceptors (Lipinski definition) is 7. The van der Waals surface area contributed by atoms with Crippen LogP contribution in [0.25, 0.3) is 0 Å². The number of halogens is 1. The van der Waals surface area contributed by atoms with Crippen LogP contribution in [-0.2, 0) is 26.5 Å². The van der Waals surface area contributed by atoms with Gasteiger partial charge in [-0.1, -0.05) is 62.7 Å². The Labute approximate surface area is 251 Å². The number of benzene rings is 2. The van der Waals surface area contributed by atoms with Crippen LogP contribution < -0.4 is 11.1 Å². The van der Waals surface area contributed by atoms with Crippen molar-refractivity contribution in [3.63, 3.8) is 0 Å². The summed E-state index contributed by atoms with van der Waals surface area (Å²) in [6.45, 7) is 10.2. The SMILES string of the molecule is CC(C)(C)OC(=O)NCc1c(C(=O)[C@@H]2CCCN2C(=O)[C@H](O)C(C)(C)C)cc(Cl)cc1C(O)(C(N)=O)c1ccccc1. The lowest BCUT2D eigenvalue weighted by Crippen LogP contribution is -2.49. The van der Waals surface area contributed by atoms with Crippen LogP contribution in [0.2, 0.25) is 5.02 Å². The van der Waals surface area contributed by atoms with E-state index in [0.29, 0.717) is 12.8 Å². The lowest BCUT2D eigenvalue weighted by molar-refractivity contribution is -0.145. The fourth-order valence-corrected chi connectivity index (χ4v) is 5.18. The second-order valence-corrected chi connectivity index (χ2v) is 13.0. The minimum absolute atomic E-state index is 0.0147. The number of nitrogens with one attached hydrogen (secondary N) is 1. The van der Waals surface area contributed by atoms with Crippen molar-refractivity contribution in [3.05, 3.63) is 69.7 Å². The van der Waals surface area contributed by atoms with E-state index in [-0.39, 0.29) is 40.4 Å². The first-order valence-corrected chi connectivity index (χ1v) is 14.2. The number of alkyl carbamates (subject to hydrolysis) is 1. The van der Waals surface area contributed by atoms with E-state index in [1.807, 2.05) is 0 Å². The monoisotopic (exact) mass is 601 g/mol. The van der Waals surface area contributed by atoms with Crippen molar-refractivity contribution >= 4 is 35.3 Å². The molecular formula is C31H40ClN3O7. The Hall–Kier alpha value is -3.47.